The quantitative estimate of drug-likeness (QED) is 0.668. The zero-order chi connectivity index (χ0) is 21.2. The number of nitrogens with one attached hydrogen (secondary N) is 1. The Kier molecular flexibility index (Phi) is 5.48. The van der Waals surface area contributed by atoms with Gasteiger partial charge in [0.2, 0.25) is 5.89 Å². The molecule has 3 aromatic heterocycles. The maximum atomic E-state index is 12.8. The van der Waals surface area contributed by atoms with Gasteiger partial charge in [0.1, 0.15) is 12.0 Å². The summed E-state index contributed by atoms with van der Waals surface area (Å²) in [5.74, 6) is -0.534. The SMILES string of the molecule is CCc1cc(C(F)(F)F)cnc1CNC(=O)c1nc(C)c(-c2ncco2)nc1N. The van der Waals surface area contributed by atoms with Crippen LogP contribution in [0.25, 0.3) is 11.6 Å². The van der Waals surface area contributed by atoms with E-state index < -0.39 is 17.6 Å². The summed E-state index contributed by atoms with van der Waals surface area (Å²) in [6, 6.07) is 1.03. The highest BCUT2D eigenvalue weighted by atomic mass is 19.4. The molecule has 0 atom stereocenters. The molecule has 29 heavy (non-hydrogen) atoms. The predicted molar refractivity (Wildman–Crippen MR) is 96.5 cm³/mol. The highest BCUT2D eigenvalue weighted by Gasteiger charge is 2.31. The van der Waals surface area contributed by atoms with Crippen molar-refractivity contribution in [3.05, 3.63) is 52.9 Å². The number of oxazole rings is 1. The lowest BCUT2D eigenvalue weighted by molar-refractivity contribution is -0.137. The van der Waals surface area contributed by atoms with Crippen molar-refractivity contribution in [1.82, 2.24) is 25.3 Å². The second-order valence-electron chi connectivity index (χ2n) is 6.09. The minimum absolute atomic E-state index is 0.0815. The van der Waals surface area contributed by atoms with Gasteiger partial charge in [-0.05, 0) is 25.0 Å². The van der Waals surface area contributed by atoms with Gasteiger partial charge in [-0.2, -0.15) is 13.2 Å². The number of hydrogen-bond donors (Lipinski definition) is 2. The minimum Gasteiger partial charge on any atom is -0.443 e. The highest BCUT2D eigenvalue weighted by Crippen LogP contribution is 2.30. The Morgan fingerprint density at radius 2 is 2.03 bits per heavy atom. The molecular weight excluding hydrogens is 389 g/mol. The van der Waals surface area contributed by atoms with Gasteiger partial charge in [-0.15, -0.1) is 0 Å². The van der Waals surface area contributed by atoms with Gasteiger partial charge in [0, 0.05) is 6.20 Å². The molecule has 1 amide bonds. The fourth-order valence-corrected chi connectivity index (χ4v) is 2.65. The number of pyridine rings is 1. The summed E-state index contributed by atoms with van der Waals surface area (Å²) in [5, 5.41) is 2.57. The minimum atomic E-state index is -4.48. The number of nitrogens with zero attached hydrogens (tertiary/aromatic N) is 4. The molecule has 152 valence electrons. The molecule has 0 aliphatic heterocycles. The standard InChI is InChI=1S/C18H17F3N6O2/c1-3-10-6-11(18(19,20)21)7-24-12(10)8-25-16(28)14-15(22)27-13(9(2)26-14)17-23-4-5-29-17/h4-7H,3,8H2,1-2H3,(H2,22,27)(H,25,28). The fraction of sp³-hybridized carbons (Fsp3) is 0.278. The summed E-state index contributed by atoms with van der Waals surface area (Å²) in [4.78, 5) is 28.6. The second-order valence-corrected chi connectivity index (χ2v) is 6.09. The van der Waals surface area contributed by atoms with Crippen molar-refractivity contribution in [2.24, 2.45) is 0 Å². The van der Waals surface area contributed by atoms with Crippen LogP contribution in [0.5, 0.6) is 0 Å². The Morgan fingerprint density at radius 1 is 1.28 bits per heavy atom. The zero-order valence-electron chi connectivity index (χ0n) is 15.5. The van der Waals surface area contributed by atoms with Crippen LogP contribution in [0.4, 0.5) is 19.0 Å². The molecular formula is C18H17F3N6O2. The Bertz CT molecular complexity index is 1030. The molecule has 3 aromatic rings. The summed E-state index contributed by atoms with van der Waals surface area (Å²) >= 11 is 0. The first-order valence-electron chi connectivity index (χ1n) is 8.57. The molecule has 0 aromatic carbocycles. The summed E-state index contributed by atoms with van der Waals surface area (Å²) in [6.07, 6.45) is -0.603. The van der Waals surface area contributed by atoms with Gasteiger partial charge < -0.3 is 15.5 Å². The number of rotatable bonds is 5. The molecule has 0 unspecified atom stereocenters. The zero-order valence-corrected chi connectivity index (χ0v) is 15.5. The fourth-order valence-electron chi connectivity index (χ4n) is 2.65. The van der Waals surface area contributed by atoms with Crippen LogP contribution in [0.15, 0.2) is 29.1 Å². The van der Waals surface area contributed by atoms with Crippen LogP contribution < -0.4 is 11.1 Å². The van der Waals surface area contributed by atoms with Crippen molar-refractivity contribution in [1.29, 1.82) is 0 Å². The molecule has 0 saturated heterocycles. The van der Waals surface area contributed by atoms with E-state index >= 15 is 0 Å². The maximum Gasteiger partial charge on any atom is 0.417 e. The van der Waals surface area contributed by atoms with Crippen LogP contribution in [-0.4, -0.2) is 25.8 Å². The first-order valence-corrected chi connectivity index (χ1v) is 8.57. The molecule has 0 aliphatic rings. The van der Waals surface area contributed by atoms with Crippen molar-refractivity contribution in [3.63, 3.8) is 0 Å². The van der Waals surface area contributed by atoms with E-state index in [1.54, 1.807) is 13.8 Å². The molecule has 0 aliphatic carbocycles. The summed E-state index contributed by atoms with van der Waals surface area (Å²) in [5.41, 5.74) is 6.30. The van der Waals surface area contributed by atoms with Gasteiger partial charge >= 0.3 is 6.18 Å². The van der Waals surface area contributed by atoms with Crippen LogP contribution >= 0.6 is 0 Å². The molecule has 3 N–H and O–H groups in total. The van der Waals surface area contributed by atoms with Crippen molar-refractivity contribution >= 4 is 11.7 Å². The molecule has 11 heteroatoms. The van der Waals surface area contributed by atoms with Gasteiger partial charge in [-0.25, -0.2) is 15.0 Å². The van der Waals surface area contributed by atoms with Crippen LogP contribution in [0.3, 0.4) is 0 Å². The number of anilines is 1. The molecule has 0 fully saturated rings. The second kappa shape index (κ2) is 7.86. The average Bonchev–Trinajstić information content (AvgIpc) is 3.21. The third-order valence-electron chi connectivity index (χ3n) is 4.13. The van der Waals surface area contributed by atoms with Crippen LogP contribution in [-0.2, 0) is 19.1 Å². The van der Waals surface area contributed by atoms with E-state index in [0.29, 0.717) is 29.1 Å². The number of aryl methyl sites for hydroxylation is 2. The van der Waals surface area contributed by atoms with E-state index in [-0.39, 0.29) is 23.9 Å². The van der Waals surface area contributed by atoms with Crippen molar-refractivity contribution in [2.45, 2.75) is 33.0 Å². The average molecular weight is 406 g/mol. The van der Waals surface area contributed by atoms with Gasteiger partial charge in [0.05, 0.1) is 29.7 Å². The van der Waals surface area contributed by atoms with Crippen molar-refractivity contribution in [3.8, 4) is 11.6 Å². The first kappa shape index (κ1) is 20.2. The van der Waals surface area contributed by atoms with Gasteiger partial charge in [0.25, 0.3) is 5.91 Å². The third-order valence-corrected chi connectivity index (χ3v) is 4.13. The van der Waals surface area contributed by atoms with Crippen LogP contribution in [0.2, 0.25) is 0 Å². The Hall–Kier alpha value is -3.50. The number of nitrogen functional groups attached to an aromatic ring is 1. The molecule has 3 rings (SSSR count). The third kappa shape index (κ3) is 4.33. The number of carbonyl (C=O) groups is 1. The first-order chi connectivity index (χ1) is 13.7. The lowest BCUT2D eigenvalue weighted by atomic mass is 10.1. The monoisotopic (exact) mass is 406 g/mol. The number of nitrogens with two attached hydrogens (primary N) is 1. The van der Waals surface area contributed by atoms with E-state index in [1.165, 1.54) is 12.5 Å². The largest absolute Gasteiger partial charge is 0.443 e. The van der Waals surface area contributed by atoms with Gasteiger partial charge in [-0.3, -0.25) is 9.78 Å². The summed E-state index contributed by atoms with van der Waals surface area (Å²) < 4.78 is 43.7. The molecule has 8 nitrogen and oxygen atoms in total. The smallest absolute Gasteiger partial charge is 0.417 e. The number of carbonyl (C=O) groups excluding carboxylic acids is 1. The van der Waals surface area contributed by atoms with E-state index in [2.05, 4.69) is 25.3 Å². The van der Waals surface area contributed by atoms with Gasteiger partial charge in [0.15, 0.2) is 11.5 Å². The topological polar surface area (TPSA) is 120 Å². The number of halogens is 3. The van der Waals surface area contributed by atoms with E-state index in [4.69, 9.17) is 10.2 Å². The molecule has 0 bridgehead atoms. The Balaban J connectivity index is 1.79. The lowest BCUT2D eigenvalue weighted by Gasteiger charge is -2.13. The predicted octanol–water partition coefficient (Wildman–Crippen LogP) is 2.93. The number of hydrogen-bond acceptors (Lipinski definition) is 7. The maximum absolute atomic E-state index is 12.8. The van der Waals surface area contributed by atoms with Gasteiger partial charge in [-0.1, -0.05) is 6.92 Å². The Morgan fingerprint density at radius 3 is 2.66 bits per heavy atom. The summed E-state index contributed by atoms with van der Waals surface area (Å²) in [6.45, 7) is 3.24. The molecule has 0 spiro atoms. The number of amides is 1. The van der Waals surface area contributed by atoms with Crippen molar-refractivity contribution in [2.75, 3.05) is 5.73 Å². The Labute approximate surface area is 163 Å². The molecule has 3 heterocycles. The van der Waals surface area contributed by atoms with Crippen molar-refractivity contribution < 1.29 is 22.4 Å². The molecule has 0 saturated carbocycles. The normalized spacial score (nSPS) is 11.5. The number of alkyl halides is 3. The van der Waals surface area contributed by atoms with E-state index in [0.717, 1.165) is 12.3 Å². The van der Waals surface area contributed by atoms with Crippen LogP contribution in [0.1, 0.15) is 39.9 Å². The molecule has 0 radical (unpaired) electrons. The van der Waals surface area contributed by atoms with E-state index in [9.17, 15) is 18.0 Å². The number of aromatic nitrogens is 4. The van der Waals surface area contributed by atoms with Crippen LogP contribution in [0, 0.1) is 6.92 Å². The lowest BCUT2D eigenvalue weighted by Crippen LogP contribution is -2.27. The van der Waals surface area contributed by atoms with E-state index in [1.807, 2.05) is 0 Å². The highest BCUT2D eigenvalue weighted by molar-refractivity contribution is 5.96. The summed E-state index contributed by atoms with van der Waals surface area (Å²) in [7, 11) is 0.